The number of rotatable bonds is 4. The summed E-state index contributed by atoms with van der Waals surface area (Å²) in [7, 11) is 0. The first-order valence-electron chi connectivity index (χ1n) is 2.53. The van der Waals surface area contributed by atoms with Gasteiger partial charge in [0.25, 0.3) is 0 Å². The molecule has 0 amide bonds. The van der Waals surface area contributed by atoms with Gasteiger partial charge in [-0.25, -0.2) is 0 Å². The summed E-state index contributed by atoms with van der Waals surface area (Å²) in [5, 5.41) is 4.12. The van der Waals surface area contributed by atoms with E-state index in [0.717, 1.165) is 0 Å². The topological polar surface area (TPSA) is 37.3 Å². The van der Waals surface area contributed by atoms with Crippen LogP contribution in [0.15, 0.2) is 11.1 Å². The molecule has 0 spiro atoms. The van der Waals surface area contributed by atoms with Gasteiger partial charge >= 0.3 is 0 Å². The zero-order valence-corrected chi connectivity index (χ0v) is 5.85. The van der Waals surface area contributed by atoms with Gasteiger partial charge in [-0.1, -0.05) is 22.5 Å². The zero-order chi connectivity index (χ0) is 7.28. The highest BCUT2D eigenvalue weighted by Crippen LogP contribution is 2.08. The number of carbonyl (C=O) groups excluding carboxylic acids is 1. The minimum atomic E-state index is -0.512. The first kappa shape index (κ1) is 5.98. The first-order valence-corrected chi connectivity index (χ1v) is 2.91. The Labute approximate surface area is 57.8 Å². The summed E-state index contributed by atoms with van der Waals surface area (Å²) >= 11 is 3.00. The van der Waals surface area contributed by atoms with Crippen molar-refractivity contribution in [1.82, 2.24) is 0 Å². The summed E-state index contributed by atoms with van der Waals surface area (Å²) in [5.41, 5.74) is 0. The van der Waals surface area contributed by atoms with Crippen LogP contribution in [0.4, 0.5) is 0 Å². The van der Waals surface area contributed by atoms with Gasteiger partial charge in [-0.3, -0.25) is 0 Å². The standard InChI is InChI=1S/C5H7BrO2/c1-4(6)5(8)2-3-7/h3,5,8H,1-2H2/i8T. The number of halogens is 1. The van der Waals surface area contributed by atoms with Crippen molar-refractivity contribution in [2.24, 2.45) is 0 Å². The Morgan fingerprint density at radius 2 is 2.88 bits per heavy atom. The molecule has 1 unspecified atom stereocenters. The Balaban J connectivity index is 3.67. The smallest absolute Gasteiger partial charge is 0.211 e. The molecule has 0 saturated carbocycles. The lowest BCUT2D eigenvalue weighted by Crippen LogP contribution is -2.04. The van der Waals surface area contributed by atoms with E-state index in [1.807, 2.05) is 0 Å². The average molecular weight is 181 g/mol. The van der Waals surface area contributed by atoms with E-state index in [-0.39, 0.29) is 6.42 Å². The molecule has 46 valence electrons. The van der Waals surface area contributed by atoms with Gasteiger partial charge < -0.3 is 9.90 Å². The largest absolute Gasteiger partial charge is 0.387 e. The van der Waals surface area contributed by atoms with Gasteiger partial charge in [-0.05, 0) is 0 Å². The Bertz CT molecular complexity index is 116. The van der Waals surface area contributed by atoms with Crippen molar-refractivity contribution < 1.29 is 9.90 Å². The number of aldehydes is 1. The van der Waals surface area contributed by atoms with E-state index in [0.29, 0.717) is 10.8 Å². The molecule has 3 heteroatoms. The molecule has 1 atom stereocenters. The number of aliphatic hydroxyl groups is 1. The Morgan fingerprint density at radius 3 is 3.00 bits per heavy atom. The van der Waals surface area contributed by atoms with Crippen molar-refractivity contribution >= 4 is 22.2 Å². The predicted molar refractivity (Wildman–Crippen MR) is 34.8 cm³/mol. The maximum atomic E-state index is 9.85. The summed E-state index contributed by atoms with van der Waals surface area (Å²) in [4.78, 5) is 9.85. The maximum Gasteiger partial charge on any atom is 0.211 e. The van der Waals surface area contributed by atoms with Crippen LogP contribution in [0.2, 0.25) is 0 Å². The van der Waals surface area contributed by atoms with Crippen LogP contribution in [-0.2, 0) is 4.79 Å². The maximum absolute atomic E-state index is 9.85. The normalized spacial score (nSPS) is 14.4. The molecule has 0 fully saturated rings. The minimum absolute atomic E-state index is 0.174. The van der Waals surface area contributed by atoms with E-state index in [4.69, 9.17) is 1.43 Å². The molecule has 0 aromatic carbocycles. The number of aliphatic hydroxyl groups excluding tert-OH is 1. The fourth-order valence-corrected chi connectivity index (χ4v) is 0.402. The highest BCUT2D eigenvalue weighted by molar-refractivity contribution is 9.11. The average Bonchev–Trinajstić information content (AvgIpc) is 1.82. The van der Waals surface area contributed by atoms with E-state index >= 15 is 0 Å². The van der Waals surface area contributed by atoms with Crippen molar-refractivity contribution in [2.45, 2.75) is 12.5 Å². The first-order chi connectivity index (χ1) is 4.22. The summed E-state index contributed by atoms with van der Waals surface area (Å²) in [6, 6.07) is 0. The Morgan fingerprint density at radius 1 is 2.25 bits per heavy atom. The van der Waals surface area contributed by atoms with E-state index < -0.39 is 6.10 Å². The van der Waals surface area contributed by atoms with Gasteiger partial charge in [-0.15, -0.1) is 0 Å². The summed E-state index contributed by atoms with van der Waals surface area (Å²) in [6.45, 7) is 3.46. The lowest BCUT2D eigenvalue weighted by Gasteiger charge is -2.00. The zero-order valence-electron chi connectivity index (χ0n) is 5.26. The molecule has 1 N–H and O–H groups in total. The molecule has 0 radical (unpaired) electrons. The summed E-state index contributed by atoms with van der Waals surface area (Å²) in [6.07, 6.45) is 0.349. The molecule has 2 nitrogen and oxygen atoms in total. The fourth-order valence-electron chi connectivity index (χ4n) is 0.215. The van der Waals surface area contributed by atoms with Gasteiger partial charge in [0.1, 0.15) is 6.29 Å². The highest BCUT2D eigenvalue weighted by Gasteiger charge is 2.02. The monoisotopic (exact) mass is 180 g/mol. The van der Waals surface area contributed by atoms with Crippen LogP contribution in [0.1, 0.15) is 6.42 Å². The third kappa shape index (κ3) is 2.93. The van der Waals surface area contributed by atoms with Gasteiger partial charge in [0.15, 0.2) is 0 Å². The SMILES string of the molecule is [3H]OC(CC=O)C(=C)Br. The van der Waals surface area contributed by atoms with Crippen molar-refractivity contribution in [3.63, 3.8) is 0 Å². The Hall–Kier alpha value is -0.150. The molecule has 0 heterocycles. The molecule has 8 heavy (non-hydrogen) atoms. The van der Waals surface area contributed by atoms with E-state index in [9.17, 15) is 4.79 Å². The van der Waals surface area contributed by atoms with Crippen LogP contribution in [0.5, 0.6) is 0 Å². The van der Waals surface area contributed by atoms with E-state index in [2.05, 4.69) is 27.6 Å². The van der Waals surface area contributed by atoms with Crippen molar-refractivity contribution in [1.29, 1.82) is 1.43 Å². The molecule has 0 aliphatic heterocycles. The van der Waals surface area contributed by atoms with Crippen LogP contribution < -0.4 is 0 Å². The molecular weight excluding hydrogens is 172 g/mol. The van der Waals surface area contributed by atoms with Gasteiger partial charge in [-0.2, -0.15) is 0 Å². The molecule has 0 bridgehead atoms. The minimum Gasteiger partial charge on any atom is -0.387 e. The Kier molecular flexibility index (Phi) is 2.84. The van der Waals surface area contributed by atoms with Crippen LogP contribution in [0.25, 0.3) is 0 Å². The molecular formula is C5H7BrO2. The lowest BCUT2D eigenvalue weighted by molar-refractivity contribution is -0.109. The van der Waals surface area contributed by atoms with E-state index in [1.54, 1.807) is 0 Å². The second kappa shape index (κ2) is 3.80. The number of hydrogen-bond donors (Lipinski definition) is 1. The molecule has 0 aliphatic carbocycles. The third-order valence-electron chi connectivity index (χ3n) is 0.660. The lowest BCUT2D eigenvalue weighted by atomic mass is 10.3. The van der Waals surface area contributed by atoms with Crippen molar-refractivity contribution in [3.8, 4) is 0 Å². The molecule has 0 rings (SSSR count). The summed E-state index contributed by atoms with van der Waals surface area (Å²) in [5.74, 6) is 0. The van der Waals surface area contributed by atoms with Gasteiger partial charge in [0.2, 0.25) is 1.43 Å². The van der Waals surface area contributed by atoms with Crippen LogP contribution in [0, 0.1) is 0 Å². The number of carbonyl (C=O) groups is 1. The predicted octanol–water partition coefficient (Wildman–Crippen LogP) is 0.845. The molecule has 0 saturated heterocycles. The third-order valence-corrected chi connectivity index (χ3v) is 1.17. The van der Waals surface area contributed by atoms with E-state index in [1.165, 1.54) is 0 Å². The van der Waals surface area contributed by atoms with Crippen LogP contribution in [-0.4, -0.2) is 18.9 Å². The second-order valence-electron chi connectivity index (χ2n) is 1.34. The molecule has 0 aliphatic rings. The van der Waals surface area contributed by atoms with Crippen molar-refractivity contribution in [2.75, 3.05) is 0 Å². The second-order valence-corrected chi connectivity index (χ2v) is 2.36. The van der Waals surface area contributed by atoms with Crippen molar-refractivity contribution in [3.05, 3.63) is 11.1 Å². The van der Waals surface area contributed by atoms with Crippen LogP contribution in [0.3, 0.4) is 0 Å². The van der Waals surface area contributed by atoms with Gasteiger partial charge in [0.05, 0.1) is 6.10 Å². The summed E-state index contributed by atoms with van der Waals surface area (Å²) < 4.78 is 6.96. The number of hydrogen-bond acceptors (Lipinski definition) is 2. The molecule has 0 aromatic heterocycles. The highest BCUT2D eigenvalue weighted by atomic mass is 79.9. The van der Waals surface area contributed by atoms with Gasteiger partial charge in [0, 0.05) is 10.9 Å². The van der Waals surface area contributed by atoms with Crippen LogP contribution >= 0.6 is 15.9 Å². The molecule has 0 aromatic rings. The fraction of sp³-hybridized carbons (Fsp3) is 0.400. The quantitative estimate of drug-likeness (QED) is 0.652.